The molecule has 1 N–H and O–H groups in total. The van der Waals surface area contributed by atoms with Gasteiger partial charge in [0.05, 0.1) is 12.0 Å². The first-order chi connectivity index (χ1) is 11.4. The zero-order chi connectivity index (χ0) is 17.7. The highest BCUT2D eigenvalue weighted by molar-refractivity contribution is 5.99. The lowest BCUT2D eigenvalue weighted by Gasteiger charge is -2.25. The maximum atomic E-state index is 12.4. The van der Waals surface area contributed by atoms with Crippen LogP contribution in [0.3, 0.4) is 0 Å². The number of rotatable bonds is 6. The zero-order valence-electron chi connectivity index (χ0n) is 13.8. The van der Waals surface area contributed by atoms with Crippen molar-refractivity contribution in [2.24, 2.45) is 0 Å². The van der Waals surface area contributed by atoms with Gasteiger partial charge in [-0.15, -0.1) is 0 Å². The minimum atomic E-state index is -0.609. The Kier molecular flexibility index (Phi) is 5.13. The second-order valence-corrected chi connectivity index (χ2v) is 5.92. The quantitative estimate of drug-likeness (QED) is 0.649. The molecule has 0 saturated heterocycles. The Morgan fingerprint density at radius 3 is 2.54 bits per heavy atom. The molecule has 1 heterocycles. The fraction of sp³-hybridized carbons (Fsp3) is 0.294. The number of amides is 1. The Labute approximate surface area is 139 Å². The number of nitrogens with zero attached hydrogens (tertiary/aromatic N) is 2. The lowest BCUT2D eigenvalue weighted by molar-refractivity contribution is -0.386. The van der Waals surface area contributed by atoms with E-state index < -0.39 is 10.8 Å². The Hall–Kier alpha value is -2.96. The summed E-state index contributed by atoms with van der Waals surface area (Å²) < 4.78 is 4.98. The first-order valence-corrected chi connectivity index (χ1v) is 7.37. The summed E-state index contributed by atoms with van der Waals surface area (Å²) >= 11 is 0. The number of nitro benzene ring substituents is 1. The van der Waals surface area contributed by atoms with E-state index >= 15 is 0 Å². The molecule has 0 radical (unpaired) electrons. The molecule has 7 nitrogen and oxygen atoms in total. The fourth-order valence-corrected chi connectivity index (χ4v) is 2.36. The third-order valence-corrected chi connectivity index (χ3v) is 3.80. The molecular weight excluding hydrogens is 310 g/mol. The van der Waals surface area contributed by atoms with Gasteiger partial charge in [0.25, 0.3) is 5.91 Å². The number of methoxy groups -OCH3 is 1. The van der Waals surface area contributed by atoms with Gasteiger partial charge in [0.1, 0.15) is 5.56 Å². The van der Waals surface area contributed by atoms with Gasteiger partial charge in [-0.05, 0) is 29.8 Å². The summed E-state index contributed by atoms with van der Waals surface area (Å²) in [5.41, 5.74) is 0.314. The van der Waals surface area contributed by atoms with Crippen LogP contribution in [0.4, 0.5) is 5.69 Å². The van der Waals surface area contributed by atoms with Crippen LogP contribution < -0.4 is 10.1 Å². The molecule has 0 aliphatic heterocycles. The molecule has 0 fully saturated rings. The van der Waals surface area contributed by atoms with E-state index in [1.54, 1.807) is 18.5 Å². The van der Waals surface area contributed by atoms with E-state index in [0.29, 0.717) is 6.54 Å². The number of carbonyl (C=O) groups excluding carboxylic acids is 1. The number of para-hydroxylation sites is 1. The highest BCUT2D eigenvalue weighted by Gasteiger charge is 2.27. The normalized spacial score (nSPS) is 11.0. The van der Waals surface area contributed by atoms with Gasteiger partial charge < -0.3 is 10.1 Å². The second-order valence-electron chi connectivity index (χ2n) is 5.92. The molecule has 0 spiro atoms. The number of hydrogen-bond acceptors (Lipinski definition) is 5. The standard InChI is InChI=1S/C17H19N3O4/c1-17(2,12-7-9-18-10-8-12)11-19-16(21)13-5-4-6-14(24-3)15(13)20(22)23/h4-10H,11H2,1-3H3,(H,19,21). The summed E-state index contributed by atoms with van der Waals surface area (Å²) in [5, 5.41) is 14.0. The third kappa shape index (κ3) is 3.68. The van der Waals surface area contributed by atoms with E-state index in [2.05, 4.69) is 10.3 Å². The summed E-state index contributed by atoms with van der Waals surface area (Å²) in [4.78, 5) is 27.1. The van der Waals surface area contributed by atoms with Crippen molar-refractivity contribution < 1.29 is 14.5 Å². The maximum Gasteiger partial charge on any atom is 0.323 e. The molecule has 2 aromatic rings. The number of pyridine rings is 1. The van der Waals surface area contributed by atoms with Gasteiger partial charge in [-0.1, -0.05) is 19.9 Å². The molecule has 0 bridgehead atoms. The van der Waals surface area contributed by atoms with Gasteiger partial charge in [-0.3, -0.25) is 19.9 Å². The molecule has 0 saturated carbocycles. The Balaban J connectivity index is 2.21. The van der Waals surface area contributed by atoms with Crippen LogP contribution in [0.25, 0.3) is 0 Å². The Bertz CT molecular complexity index is 745. The molecule has 7 heteroatoms. The van der Waals surface area contributed by atoms with Crippen LogP contribution in [-0.4, -0.2) is 29.5 Å². The number of nitro groups is 1. The first-order valence-electron chi connectivity index (χ1n) is 7.37. The van der Waals surface area contributed by atoms with Crippen molar-refractivity contribution >= 4 is 11.6 Å². The molecule has 126 valence electrons. The minimum Gasteiger partial charge on any atom is -0.490 e. The summed E-state index contributed by atoms with van der Waals surface area (Å²) in [7, 11) is 1.33. The molecule has 1 aromatic carbocycles. The van der Waals surface area contributed by atoms with E-state index in [1.807, 2.05) is 26.0 Å². The summed E-state index contributed by atoms with van der Waals surface area (Å²) in [6.07, 6.45) is 3.37. The topological polar surface area (TPSA) is 94.4 Å². The van der Waals surface area contributed by atoms with E-state index in [-0.39, 0.29) is 22.4 Å². The number of ether oxygens (including phenoxy) is 1. The van der Waals surface area contributed by atoms with Gasteiger partial charge in [-0.25, -0.2) is 0 Å². The number of benzene rings is 1. The lowest BCUT2D eigenvalue weighted by atomic mass is 9.85. The Morgan fingerprint density at radius 1 is 1.29 bits per heavy atom. The number of hydrogen-bond donors (Lipinski definition) is 1. The number of nitrogens with one attached hydrogen (secondary N) is 1. The lowest BCUT2D eigenvalue weighted by Crippen LogP contribution is -2.37. The van der Waals surface area contributed by atoms with Crippen molar-refractivity contribution in [3.8, 4) is 5.75 Å². The van der Waals surface area contributed by atoms with Gasteiger partial charge in [-0.2, -0.15) is 0 Å². The Morgan fingerprint density at radius 2 is 1.96 bits per heavy atom. The van der Waals surface area contributed by atoms with Crippen LogP contribution in [0.2, 0.25) is 0 Å². The summed E-state index contributed by atoms with van der Waals surface area (Å²) in [5.74, 6) is -0.455. The van der Waals surface area contributed by atoms with Crippen LogP contribution >= 0.6 is 0 Å². The molecule has 0 unspecified atom stereocenters. The molecule has 0 aliphatic carbocycles. The smallest absolute Gasteiger partial charge is 0.323 e. The molecule has 0 aliphatic rings. The number of carbonyl (C=O) groups is 1. The monoisotopic (exact) mass is 329 g/mol. The van der Waals surface area contributed by atoms with Crippen molar-refractivity contribution in [2.45, 2.75) is 19.3 Å². The minimum absolute atomic E-state index is 0.0233. The van der Waals surface area contributed by atoms with Gasteiger partial charge in [0, 0.05) is 24.4 Å². The van der Waals surface area contributed by atoms with Gasteiger partial charge >= 0.3 is 5.69 Å². The summed E-state index contributed by atoms with van der Waals surface area (Å²) in [6, 6.07) is 8.17. The molecule has 24 heavy (non-hydrogen) atoms. The third-order valence-electron chi connectivity index (χ3n) is 3.80. The predicted molar refractivity (Wildman–Crippen MR) is 89.2 cm³/mol. The van der Waals surface area contributed by atoms with E-state index in [0.717, 1.165) is 5.56 Å². The largest absolute Gasteiger partial charge is 0.490 e. The first kappa shape index (κ1) is 17.4. The van der Waals surface area contributed by atoms with E-state index in [9.17, 15) is 14.9 Å². The van der Waals surface area contributed by atoms with Crippen molar-refractivity contribution in [1.29, 1.82) is 0 Å². The van der Waals surface area contributed by atoms with E-state index in [1.165, 1.54) is 19.2 Å². The van der Waals surface area contributed by atoms with Gasteiger partial charge in [0.2, 0.25) is 0 Å². The molecule has 1 aromatic heterocycles. The highest BCUT2D eigenvalue weighted by Crippen LogP contribution is 2.30. The average Bonchev–Trinajstić information content (AvgIpc) is 2.59. The number of aromatic nitrogens is 1. The fourth-order valence-electron chi connectivity index (χ4n) is 2.36. The van der Waals surface area contributed by atoms with Crippen LogP contribution in [0, 0.1) is 10.1 Å². The van der Waals surface area contributed by atoms with Crippen LogP contribution in [0.5, 0.6) is 5.75 Å². The summed E-state index contributed by atoms with van der Waals surface area (Å²) in [6.45, 7) is 4.27. The van der Waals surface area contributed by atoms with Crippen molar-refractivity contribution in [3.63, 3.8) is 0 Å². The molecule has 2 rings (SSSR count). The molecular formula is C17H19N3O4. The van der Waals surface area contributed by atoms with Crippen molar-refractivity contribution in [3.05, 3.63) is 64.0 Å². The van der Waals surface area contributed by atoms with Crippen LogP contribution in [0.15, 0.2) is 42.7 Å². The molecule has 1 amide bonds. The van der Waals surface area contributed by atoms with Crippen molar-refractivity contribution in [1.82, 2.24) is 10.3 Å². The van der Waals surface area contributed by atoms with Gasteiger partial charge in [0.15, 0.2) is 5.75 Å². The maximum absolute atomic E-state index is 12.4. The average molecular weight is 329 g/mol. The van der Waals surface area contributed by atoms with E-state index in [4.69, 9.17) is 4.74 Å². The molecule has 0 atom stereocenters. The van der Waals surface area contributed by atoms with Crippen LogP contribution in [0.1, 0.15) is 29.8 Å². The highest BCUT2D eigenvalue weighted by atomic mass is 16.6. The zero-order valence-corrected chi connectivity index (χ0v) is 13.8. The predicted octanol–water partition coefficient (Wildman–Crippen LogP) is 2.71. The second kappa shape index (κ2) is 7.08. The van der Waals surface area contributed by atoms with Crippen molar-refractivity contribution in [2.75, 3.05) is 13.7 Å². The SMILES string of the molecule is COc1cccc(C(=O)NCC(C)(C)c2ccncc2)c1[N+](=O)[O-]. The van der Waals surface area contributed by atoms with Crippen LogP contribution in [-0.2, 0) is 5.41 Å².